The molecule has 0 aliphatic carbocycles. The second kappa shape index (κ2) is 8.64. The van der Waals surface area contributed by atoms with E-state index in [-0.39, 0.29) is 30.0 Å². The van der Waals surface area contributed by atoms with Crippen LogP contribution in [0.2, 0.25) is 0 Å². The van der Waals surface area contributed by atoms with Crippen molar-refractivity contribution >= 4 is 5.91 Å². The second-order valence-corrected chi connectivity index (χ2v) is 5.35. The average molecular weight is 323 g/mol. The largest absolute Gasteiger partial charge is 0.459 e. The minimum Gasteiger partial charge on any atom is -0.459 e. The third-order valence-corrected chi connectivity index (χ3v) is 3.66. The summed E-state index contributed by atoms with van der Waals surface area (Å²) in [6.07, 6.45) is 3.12. The molecule has 0 bridgehead atoms. The number of halogens is 1. The minimum absolute atomic E-state index is 0.0838. The molecule has 23 heavy (non-hydrogen) atoms. The summed E-state index contributed by atoms with van der Waals surface area (Å²) in [7, 11) is 1.53. The first-order valence-electron chi connectivity index (χ1n) is 7.72. The number of amides is 1. The van der Waals surface area contributed by atoms with E-state index in [0.717, 1.165) is 12.0 Å². The van der Waals surface area contributed by atoms with Gasteiger partial charge in [-0.15, -0.1) is 0 Å². The number of carbonyl (C=O) groups excluding carboxylic acids is 1. The van der Waals surface area contributed by atoms with E-state index >= 15 is 0 Å². The van der Waals surface area contributed by atoms with E-state index in [4.69, 9.17) is 14.6 Å². The molecule has 5 nitrogen and oxygen atoms in total. The van der Waals surface area contributed by atoms with Gasteiger partial charge in [0, 0.05) is 26.0 Å². The van der Waals surface area contributed by atoms with Gasteiger partial charge in [0.05, 0.1) is 6.61 Å². The Morgan fingerprint density at radius 3 is 2.78 bits per heavy atom. The van der Waals surface area contributed by atoms with Crippen molar-refractivity contribution in [2.24, 2.45) is 0 Å². The summed E-state index contributed by atoms with van der Waals surface area (Å²) in [4.78, 5) is 11.9. The summed E-state index contributed by atoms with van der Waals surface area (Å²) in [6.45, 7) is 0.568. The number of unbranched alkanes of at least 4 members (excludes halogenated alkanes) is 1. The molecule has 1 heterocycles. The normalized spacial score (nSPS) is 20.6. The minimum atomic E-state index is -0.541. The van der Waals surface area contributed by atoms with E-state index in [1.165, 1.54) is 19.2 Å². The number of aliphatic hydroxyl groups is 1. The summed E-state index contributed by atoms with van der Waals surface area (Å²) in [5, 5.41) is 11.3. The van der Waals surface area contributed by atoms with Gasteiger partial charge in [-0.2, -0.15) is 0 Å². The van der Waals surface area contributed by atoms with Crippen LogP contribution in [0.4, 0.5) is 4.39 Å². The zero-order valence-electron chi connectivity index (χ0n) is 13.1. The molecule has 1 aliphatic heterocycles. The van der Waals surface area contributed by atoms with Crippen LogP contribution in [0, 0.1) is 5.82 Å². The predicted molar refractivity (Wildman–Crippen MR) is 83.1 cm³/mol. The molecule has 2 N–H and O–H groups in total. The number of aliphatic hydroxyl groups excluding tert-OH is 1. The molecule has 0 saturated heterocycles. The van der Waals surface area contributed by atoms with E-state index in [2.05, 4.69) is 5.32 Å². The van der Waals surface area contributed by atoms with Crippen LogP contribution in [-0.4, -0.2) is 37.6 Å². The molecule has 126 valence electrons. The first kappa shape index (κ1) is 17.4. The monoisotopic (exact) mass is 323 g/mol. The lowest BCUT2D eigenvalue weighted by molar-refractivity contribution is -0.146. The van der Waals surface area contributed by atoms with Gasteiger partial charge in [0.25, 0.3) is 5.91 Å². The zero-order valence-corrected chi connectivity index (χ0v) is 13.1. The van der Waals surface area contributed by atoms with Crippen LogP contribution in [0.25, 0.3) is 0 Å². The summed E-state index contributed by atoms with van der Waals surface area (Å²) >= 11 is 0. The summed E-state index contributed by atoms with van der Waals surface area (Å²) in [5.41, 5.74) is 0.903. The maximum Gasteiger partial charge on any atom is 0.285 e. The van der Waals surface area contributed by atoms with Gasteiger partial charge >= 0.3 is 0 Å². The standard InChI is InChI=1S/C17H22FNO4/c1-19-17(21)15-10-13(12-4-6-14(18)7-5-12)11-16(23-15)22-9-3-2-8-20/h4-7,10,13,16,20H,2-3,8-9,11H2,1H3,(H,19,21)/t13-,16+/m1/s1. The molecule has 2 atom stereocenters. The van der Waals surface area contributed by atoms with Crippen molar-refractivity contribution in [2.75, 3.05) is 20.3 Å². The van der Waals surface area contributed by atoms with Crippen LogP contribution < -0.4 is 5.32 Å². The van der Waals surface area contributed by atoms with Crippen molar-refractivity contribution in [3.05, 3.63) is 47.5 Å². The topological polar surface area (TPSA) is 67.8 Å². The lowest BCUT2D eigenvalue weighted by Crippen LogP contribution is -2.31. The number of ether oxygens (including phenoxy) is 2. The number of benzene rings is 1. The molecule has 0 unspecified atom stereocenters. The van der Waals surface area contributed by atoms with E-state index < -0.39 is 6.29 Å². The van der Waals surface area contributed by atoms with E-state index in [9.17, 15) is 9.18 Å². The number of likely N-dealkylation sites (N-methyl/N-ethyl adjacent to an activating group) is 1. The molecule has 2 rings (SSSR count). The Hall–Kier alpha value is -1.92. The average Bonchev–Trinajstić information content (AvgIpc) is 2.58. The van der Waals surface area contributed by atoms with E-state index in [1.807, 2.05) is 0 Å². The molecule has 0 spiro atoms. The van der Waals surface area contributed by atoms with Gasteiger partial charge in [0.1, 0.15) is 5.82 Å². The molecule has 1 aromatic rings. The first-order chi connectivity index (χ1) is 11.1. The van der Waals surface area contributed by atoms with Crippen LogP contribution in [0.3, 0.4) is 0 Å². The Kier molecular flexibility index (Phi) is 6.55. The van der Waals surface area contributed by atoms with Crippen molar-refractivity contribution in [3.8, 4) is 0 Å². The number of rotatable bonds is 7. The SMILES string of the molecule is CNC(=O)C1=C[C@@H](c2ccc(F)cc2)C[C@@H](OCCCCO)O1. The number of carbonyl (C=O) groups is 1. The molecule has 1 amide bonds. The fourth-order valence-electron chi connectivity index (χ4n) is 2.41. The Labute approximate surface area is 135 Å². The Bertz CT molecular complexity index is 544. The van der Waals surface area contributed by atoms with Gasteiger partial charge in [-0.05, 0) is 36.6 Å². The molecule has 0 fully saturated rings. The van der Waals surface area contributed by atoms with Crippen molar-refractivity contribution in [2.45, 2.75) is 31.5 Å². The molecule has 0 aromatic heterocycles. The maximum atomic E-state index is 13.1. The van der Waals surface area contributed by atoms with Gasteiger partial charge in [-0.3, -0.25) is 4.79 Å². The van der Waals surface area contributed by atoms with Crippen molar-refractivity contribution < 1.29 is 23.8 Å². The highest BCUT2D eigenvalue weighted by Gasteiger charge is 2.28. The van der Waals surface area contributed by atoms with Gasteiger partial charge in [0.2, 0.25) is 6.29 Å². The highest BCUT2D eigenvalue weighted by molar-refractivity contribution is 5.91. The smallest absolute Gasteiger partial charge is 0.285 e. The summed E-state index contributed by atoms with van der Waals surface area (Å²) in [5.74, 6) is -0.492. The van der Waals surface area contributed by atoms with E-state index in [0.29, 0.717) is 19.4 Å². The zero-order chi connectivity index (χ0) is 16.7. The molecule has 0 radical (unpaired) electrons. The van der Waals surface area contributed by atoms with E-state index in [1.54, 1.807) is 18.2 Å². The highest BCUT2D eigenvalue weighted by atomic mass is 19.1. The van der Waals surface area contributed by atoms with Gasteiger partial charge in [0.15, 0.2) is 5.76 Å². The quantitative estimate of drug-likeness (QED) is 0.754. The third-order valence-electron chi connectivity index (χ3n) is 3.66. The Morgan fingerprint density at radius 2 is 2.13 bits per heavy atom. The lowest BCUT2D eigenvalue weighted by atomic mass is 9.93. The molecule has 1 aromatic carbocycles. The Balaban J connectivity index is 2.09. The van der Waals surface area contributed by atoms with Crippen LogP contribution in [0.5, 0.6) is 0 Å². The van der Waals surface area contributed by atoms with Crippen LogP contribution >= 0.6 is 0 Å². The molecule has 1 aliphatic rings. The second-order valence-electron chi connectivity index (χ2n) is 5.35. The lowest BCUT2D eigenvalue weighted by Gasteiger charge is -2.29. The summed E-state index contributed by atoms with van der Waals surface area (Å²) in [6, 6.07) is 6.20. The molecular weight excluding hydrogens is 301 g/mol. The van der Waals surface area contributed by atoms with Crippen LogP contribution in [-0.2, 0) is 14.3 Å². The van der Waals surface area contributed by atoms with Crippen LogP contribution in [0.1, 0.15) is 30.7 Å². The van der Waals surface area contributed by atoms with Crippen molar-refractivity contribution in [1.82, 2.24) is 5.32 Å². The number of hydrogen-bond donors (Lipinski definition) is 2. The van der Waals surface area contributed by atoms with Gasteiger partial charge < -0.3 is 19.9 Å². The van der Waals surface area contributed by atoms with Crippen molar-refractivity contribution in [1.29, 1.82) is 0 Å². The molecule has 0 saturated carbocycles. The number of nitrogens with one attached hydrogen (secondary N) is 1. The van der Waals surface area contributed by atoms with Gasteiger partial charge in [-0.25, -0.2) is 4.39 Å². The fraction of sp³-hybridized carbons (Fsp3) is 0.471. The fourth-order valence-corrected chi connectivity index (χ4v) is 2.41. The van der Waals surface area contributed by atoms with Crippen LogP contribution in [0.15, 0.2) is 36.1 Å². The Morgan fingerprint density at radius 1 is 1.39 bits per heavy atom. The summed E-state index contributed by atoms with van der Waals surface area (Å²) < 4.78 is 24.3. The first-order valence-corrected chi connectivity index (χ1v) is 7.72. The molecular formula is C17H22FNO4. The number of allylic oxidation sites excluding steroid dienone is 1. The number of hydrogen-bond acceptors (Lipinski definition) is 4. The molecule has 6 heteroatoms. The van der Waals surface area contributed by atoms with Gasteiger partial charge in [-0.1, -0.05) is 12.1 Å². The van der Waals surface area contributed by atoms with Crippen molar-refractivity contribution in [3.63, 3.8) is 0 Å². The highest BCUT2D eigenvalue weighted by Crippen LogP contribution is 2.31. The maximum absolute atomic E-state index is 13.1. The third kappa shape index (κ3) is 5.04. The predicted octanol–water partition coefficient (Wildman–Crippen LogP) is 2.07.